The molecule has 0 saturated carbocycles. The summed E-state index contributed by atoms with van der Waals surface area (Å²) in [6.07, 6.45) is 3.28. The van der Waals surface area contributed by atoms with Gasteiger partial charge in [0.15, 0.2) is 5.13 Å². The number of aromatic nitrogens is 2. The van der Waals surface area contributed by atoms with Crippen molar-refractivity contribution in [1.82, 2.24) is 9.97 Å². The third-order valence-electron chi connectivity index (χ3n) is 3.37. The van der Waals surface area contributed by atoms with E-state index in [2.05, 4.69) is 15.3 Å². The molecule has 3 heterocycles. The molecule has 0 radical (unpaired) electrons. The second-order valence-corrected chi connectivity index (χ2v) is 6.05. The third kappa shape index (κ3) is 3.30. The Morgan fingerprint density at radius 2 is 2.36 bits per heavy atom. The second-order valence-electron chi connectivity index (χ2n) is 5.21. The summed E-state index contributed by atoms with van der Waals surface area (Å²) in [5.41, 5.74) is 1.71. The van der Waals surface area contributed by atoms with Gasteiger partial charge in [-0.2, -0.15) is 0 Å². The zero-order valence-corrected chi connectivity index (χ0v) is 13.0. The molecule has 1 saturated heterocycles. The second kappa shape index (κ2) is 6.23. The number of nitrogens with zero attached hydrogens (tertiary/aromatic N) is 3. The van der Waals surface area contributed by atoms with Crippen LogP contribution in [0, 0.1) is 6.92 Å². The lowest BCUT2D eigenvalue weighted by molar-refractivity contribution is -0.117. The molecular weight excluding hydrogens is 300 g/mol. The van der Waals surface area contributed by atoms with Crippen LogP contribution in [0.1, 0.15) is 24.1 Å². The summed E-state index contributed by atoms with van der Waals surface area (Å²) in [5, 5.41) is 5.26. The van der Waals surface area contributed by atoms with E-state index < -0.39 is 0 Å². The summed E-state index contributed by atoms with van der Waals surface area (Å²) in [7, 11) is 0. The Morgan fingerprint density at radius 3 is 3.09 bits per heavy atom. The van der Waals surface area contributed by atoms with Gasteiger partial charge in [0.1, 0.15) is 5.82 Å². The highest BCUT2D eigenvalue weighted by Crippen LogP contribution is 2.25. The topological polar surface area (TPSA) is 75.2 Å². The summed E-state index contributed by atoms with van der Waals surface area (Å²) < 4.78 is 0. The smallest absolute Gasteiger partial charge is 0.231 e. The van der Waals surface area contributed by atoms with E-state index in [0.29, 0.717) is 29.6 Å². The molecule has 2 aromatic heterocycles. The van der Waals surface area contributed by atoms with Crippen LogP contribution in [0.15, 0.2) is 23.7 Å². The van der Waals surface area contributed by atoms with Crippen LogP contribution in [0.4, 0.5) is 10.9 Å². The van der Waals surface area contributed by atoms with E-state index in [0.717, 1.165) is 12.0 Å². The summed E-state index contributed by atoms with van der Waals surface area (Å²) in [4.78, 5) is 33.9. The minimum Gasteiger partial charge on any atom is -0.310 e. The number of nitrogens with one attached hydrogen (secondary N) is 1. The van der Waals surface area contributed by atoms with Crippen molar-refractivity contribution in [3.05, 3.63) is 35.0 Å². The first-order valence-electron chi connectivity index (χ1n) is 7.09. The molecule has 1 aliphatic rings. The van der Waals surface area contributed by atoms with Crippen LogP contribution in [0.2, 0.25) is 0 Å². The highest BCUT2D eigenvalue weighted by molar-refractivity contribution is 7.14. The van der Waals surface area contributed by atoms with Crippen molar-refractivity contribution in [3.63, 3.8) is 0 Å². The zero-order valence-electron chi connectivity index (χ0n) is 12.2. The van der Waals surface area contributed by atoms with E-state index in [-0.39, 0.29) is 18.2 Å². The van der Waals surface area contributed by atoms with Gasteiger partial charge in [-0.3, -0.25) is 14.5 Å². The first kappa shape index (κ1) is 14.6. The molecule has 0 spiro atoms. The standard InChI is InChI=1S/C15H16N4O2S/c1-10-4-5-16-12(7-10)18-13(20)8-11-9-22-15(17-11)19-6-2-3-14(19)21/h4-5,7,9H,2-3,6,8H2,1H3,(H,16,18,20). The predicted molar refractivity (Wildman–Crippen MR) is 85.0 cm³/mol. The fraction of sp³-hybridized carbons (Fsp3) is 0.333. The molecule has 1 aliphatic heterocycles. The highest BCUT2D eigenvalue weighted by Gasteiger charge is 2.24. The summed E-state index contributed by atoms with van der Waals surface area (Å²) in [6.45, 7) is 2.66. The monoisotopic (exact) mass is 316 g/mol. The largest absolute Gasteiger partial charge is 0.310 e. The van der Waals surface area contributed by atoms with Gasteiger partial charge in [-0.1, -0.05) is 0 Å². The molecule has 6 nitrogen and oxygen atoms in total. The fourth-order valence-corrected chi connectivity index (χ4v) is 3.18. The van der Waals surface area contributed by atoms with Crippen molar-refractivity contribution in [2.75, 3.05) is 16.8 Å². The molecule has 1 fully saturated rings. The van der Waals surface area contributed by atoms with Gasteiger partial charge < -0.3 is 5.32 Å². The van der Waals surface area contributed by atoms with Crippen LogP contribution in [0.5, 0.6) is 0 Å². The van der Waals surface area contributed by atoms with E-state index >= 15 is 0 Å². The number of pyridine rings is 1. The highest BCUT2D eigenvalue weighted by atomic mass is 32.1. The molecule has 0 aromatic carbocycles. The zero-order chi connectivity index (χ0) is 15.5. The molecule has 1 N–H and O–H groups in total. The average Bonchev–Trinajstić information content (AvgIpc) is 3.07. The molecule has 0 aliphatic carbocycles. The van der Waals surface area contributed by atoms with Crippen molar-refractivity contribution in [2.45, 2.75) is 26.2 Å². The van der Waals surface area contributed by atoms with Crippen LogP contribution in [0.25, 0.3) is 0 Å². The van der Waals surface area contributed by atoms with Gasteiger partial charge in [0, 0.05) is 24.5 Å². The Kier molecular flexibility index (Phi) is 4.15. The van der Waals surface area contributed by atoms with Crippen molar-refractivity contribution >= 4 is 34.1 Å². The van der Waals surface area contributed by atoms with Gasteiger partial charge >= 0.3 is 0 Å². The van der Waals surface area contributed by atoms with Gasteiger partial charge in [-0.15, -0.1) is 11.3 Å². The van der Waals surface area contributed by atoms with Crippen LogP contribution in [-0.2, 0) is 16.0 Å². The number of thiazole rings is 1. The number of aryl methyl sites for hydroxylation is 1. The van der Waals surface area contributed by atoms with E-state index in [1.54, 1.807) is 11.1 Å². The molecule has 0 unspecified atom stereocenters. The quantitative estimate of drug-likeness (QED) is 0.938. The third-order valence-corrected chi connectivity index (χ3v) is 4.28. The normalized spacial score (nSPS) is 14.4. The van der Waals surface area contributed by atoms with Crippen molar-refractivity contribution < 1.29 is 9.59 Å². The van der Waals surface area contributed by atoms with Crippen LogP contribution in [-0.4, -0.2) is 28.3 Å². The van der Waals surface area contributed by atoms with Gasteiger partial charge in [0.2, 0.25) is 11.8 Å². The first-order chi connectivity index (χ1) is 10.6. The Morgan fingerprint density at radius 1 is 1.50 bits per heavy atom. The minimum absolute atomic E-state index is 0.106. The molecule has 0 bridgehead atoms. The number of anilines is 2. The Labute approximate surface area is 132 Å². The van der Waals surface area contributed by atoms with Crippen molar-refractivity contribution in [1.29, 1.82) is 0 Å². The van der Waals surface area contributed by atoms with Crippen molar-refractivity contribution in [3.8, 4) is 0 Å². The molecule has 22 heavy (non-hydrogen) atoms. The molecule has 7 heteroatoms. The molecule has 0 atom stereocenters. The molecular formula is C15H16N4O2S. The lowest BCUT2D eigenvalue weighted by atomic mass is 10.3. The van der Waals surface area contributed by atoms with Gasteiger partial charge in [-0.05, 0) is 31.0 Å². The lowest BCUT2D eigenvalue weighted by Crippen LogP contribution is -2.23. The first-order valence-corrected chi connectivity index (χ1v) is 7.97. The van der Waals surface area contributed by atoms with Crippen LogP contribution in [0.3, 0.4) is 0 Å². The van der Waals surface area contributed by atoms with E-state index in [1.807, 2.05) is 24.4 Å². The Balaban J connectivity index is 1.62. The Hall–Kier alpha value is -2.28. The number of hydrogen-bond donors (Lipinski definition) is 1. The molecule has 2 aromatic rings. The van der Waals surface area contributed by atoms with Gasteiger partial charge in [-0.25, -0.2) is 9.97 Å². The fourth-order valence-electron chi connectivity index (χ4n) is 2.31. The van der Waals surface area contributed by atoms with Gasteiger partial charge in [0.05, 0.1) is 12.1 Å². The van der Waals surface area contributed by atoms with Crippen molar-refractivity contribution in [2.24, 2.45) is 0 Å². The number of hydrogen-bond acceptors (Lipinski definition) is 5. The van der Waals surface area contributed by atoms with Crippen LogP contribution >= 0.6 is 11.3 Å². The maximum atomic E-state index is 12.0. The van der Waals surface area contributed by atoms with Gasteiger partial charge in [0.25, 0.3) is 0 Å². The number of rotatable bonds is 4. The maximum Gasteiger partial charge on any atom is 0.231 e. The minimum atomic E-state index is -0.164. The molecule has 114 valence electrons. The van der Waals surface area contributed by atoms with E-state index in [9.17, 15) is 9.59 Å². The number of amides is 2. The van der Waals surface area contributed by atoms with Crippen LogP contribution < -0.4 is 10.2 Å². The summed E-state index contributed by atoms with van der Waals surface area (Å²) in [5.74, 6) is 0.479. The molecule has 2 amide bonds. The molecule has 3 rings (SSSR count). The lowest BCUT2D eigenvalue weighted by Gasteiger charge is -2.10. The Bertz CT molecular complexity index is 713. The number of carbonyl (C=O) groups excluding carboxylic acids is 2. The number of carbonyl (C=O) groups is 2. The maximum absolute atomic E-state index is 12.0. The summed E-state index contributed by atoms with van der Waals surface area (Å²) >= 11 is 1.40. The van der Waals surface area contributed by atoms with E-state index in [4.69, 9.17) is 0 Å². The average molecular weight is 316 g/mol. The van der Waals surface area contributed by atoms with E-state index in [1.165, 1.54) is 11.3 Å². The predicted octanol–water partition coefficient (Wildman–Crippen LogP) is 2.15. The SMILES string of the molecule is Cc1ccnc(NC(=O)Cc2csc(N3CCCC3=O)n2)c1. The summed E-state index contributed by atoms with van der Waals surface area (Å²) in [6, 6.07) is 3.68.